The van der Waals surface area contributed by atoms with E-state index in [1.54, 1.807) is 0 Å². The van der Waals surface area contributed by atoms with Crippen LogP contribution >= 0.6 is 11.6 Å². The first-order valence-electron chi connectivity index (χ1n) is 4.49. The third-order valence-corrected chi connectivity index (χ3v) is 2.32. The lowest BCUT2D eigenvalue weighted by atomic mass is 10.2. The zero-order valence-corrected chi connectivity index (χ0v) is 8.54. The zero-order valence-electron chi connectivity index (χ0n) is 7.79. The Hall–Kier alpha value is -1.42. The minimum absolute atomic E-state index is 0.00995. The van der Waals surface area contributed by atoms with Gasteiger partial charge in [0.05, 0.1) is 24.2 Å². The number of hydrogen-bond donors (Lipinski definition) is 0. The van der Waals surface area contributed by atoms with E-state index in [0.29, 0.717) is 24.7 Å². The summed E-state index contributed by atoms with van der Waals surface area (Å²) in [5, 5.41) is 10.9. The lowest BCUT2D eigenvalue weighted by Crippen LogP contribution is -2.22. The summed E-state index contributed by atoms with van der Waals surface area (Å²) in [6.45, 7) is 0.997. The molecule has 0 unspecified atom stereocenters. The summed E-state index contributed by atoms with van der Waals surface area (Å²) >= 11 is 5.87. The van der Waals surface area contributed by atoms with Crippen molar-refractivity contribution < 1.29 is 19.4 Å². The van der Waals surface area contributed by atoms with Crippen molar-refractivity contribution in [1.29, 1.82) is 0 Å². The molecule has 0 amide bonds. The van der Waals surface area contributed by atoms with Crippen LogP contribution in [0.5, 0.6) is 11.5 Å². The van der Waals surface area contributed by atoms with E-state index in [9.17, 15) is 9.90 Å². The summed E-state index contributed by atoms with van der Waals surface area (Å²) in [5.41, 5.74) is -0.00995. The Bertz CT molecular complexity index is 403. The fourth-order valence-electron chi connectivity index (χ4n) is 1.35. The first-order valence-corrected chi connectivity index (χ1v) is 4.87. The van der Waals surface area contributed by atoms with Gasteiger partial charge in [-0.2, -0.15) is 0 Å². The number of ether oxygens (including phenoxy) is 2. The van der Waals surface area contributed by atoms with Gasteiger partial charge in [0.1, 0.15) is 0 Å². The molecular formula is C10H8ClO4-. The van der Waals surface area contributed by atoms with Crippen LogP contribution in [-0.4, -0.2) is 19.2 Å². The Morgan fingerprint density at radius 1 is 1.33 bits per heavy atom. The number of benzene rings is 1. The van der Waals surface area contributed by atoms with Crippen molar-refractivity contribution in [3.63, 3.8) is 0 Å². The topological polar surface area (TPSA) is 58.6 Å². The smallest absolute Gasteiger partial charge is 0.179 e. The number of carbonyl (C=O) groups excluding carboxylic acids is 1. The number of carbonyl (C=O) groups is 1. The highest BCUT2D eigenvalue weighted by Gasteiger charge is 2.15. The van der Waals surface area contributed by atoms with E-state index < -0.39 is 5.97 Å². The highest BCUT2D eigenvalue weighted by Crippen LogP contribution is 2.37. The standard InChI is InChI=1S/C10H9ClO4/c11-7-4-6(10(12)13)5-8-9(7)15-3-1-2-14-8/h4-5H,1-3H2,(H,12,13)/p-1. The van der Waals surface area contributed by atoms with E-state index >= 15 is 0 Å². The van der Waals surface area contributed by atoms with Gasteiger partial charge in [0.15, 0.2) is 11.5 Å². The molecule has 80 valence electrons. The molecule has 4 nitrogen and oxygen atoms in total. The van der Waals surface area contributed by atoms with Crippen molar-refractivity contribution >= 4 is 17.6 Å². The van der Waals surface area contributed by atoms with Crippen molar-refractivity contribution in [2.75, 3.05) is 13.2 Å². The predicted molar refractivity (Wildman–Crippen MR) is 51.4 cm³/mol. The molecule has 0 N–H and O–H groups in total. The molecule has 5 heteroatoms. The predicted octanol–water partition coefficient (Wildman–Crippen LogP) is 0.865. The molecule has 1 aliphatic heterocycles. The molecule has 0 aliphatic carbocycles. The van der Waals surface area contributed by atoms with Crippen LogP contribution in [0.1, 0.15) is 16.8 Å². The van der Waals surface area contributed by atoms with Gasteiger partial charge in [-0.25, -0.2) is 0 Å². The summed E-state index contributed by atoms with van der Waals surface area (Å²) in [5.74, 6) is -0.522. The van der Waals surface area contributed by atoms with E-state index in [0.717, 1.165) is 6.42 Å². The SMILES string of the molecule is O=C([O-])c1cc(Cl)c2c(c1)OCCCO2. The van der Waals surface area contributed by atoms with Gasteiger partial charge in [-0.3, -0.25) is 0 Å². The second kappa shape index (κ2) is 3.98. The van der Waals surface area contributed by atoms with Gasteiger partial charge >= 0.3 is 0 Å². The molecule has 0 spiro atoms. The van der Waals surface area contributed by atoms with Crippen LogP contribution in [-0.2, 0) is 0 Å². The van der Waals surface area contributed by atoms with Gasteiger partial charge < -0.3 is 19.4 Å². The Morgan fingerprint density at radius 3 is 2.80 bits per heavy atom. The van der Waals surface area contributed by atoms with Crippen molar-refractivity contribution in [2.45, 2.75) is 6.42 Å². The summed E-state index contributed by atoms with van der Waals surface area (Å²) in [6, 6.07) is 2.66. The molecule has 0 aromatic heterocycles. The van der Waals surface area contributed by atoms with Crippen LogP contribution in [0.25, 0.3) is 0 Å². The molecule has 1 aliphatic rings. The van der Waals surface area contributed by atoms with Gasteiger partial charge in [0.2, 0.25) is 0 Å². The summed E-state index contributed by atoms with van der Waals surface area (Å²) < 4.78 is 10.7. The van der Waals surface area contributed by atoms with Gasteiger partial charge in [0, 0.05) is 12.0 Å². The van der Waals surface area contributed by atoms with Crippen molar-refractivity contribution in [3.8, 4) is 11.5 Å². The van der Waals surface area contributed by atoms with Crippen molar-refractivity contribution in [2.24, 2.45) is 0 Å². The lowest BCUT2D eigenvalue weighted by molar-refractivity contribution is -0.255. The van der Waals surface area contributed by atoms with E-state index in [-0.39, 0.29) is 10.6 Å². The van der Waals surface area contributed by atoms with Crippen LogP contribution in [0.2, 0.25) is 5.02 Å². The van der Waals surface area contributed by atoms with E-state index in [1.807, 2.05) is 0 Å². The molecular weight excluding hydrogens is 220 g/mol. The van der Waals surface area contributed by atoms with Gasteiger partial charge in [0.25, 0.3) is 0 Å². The first kappa shape index (κ1) is 10.1. The average molecular weight is 228 g/mol. The van der Waals surface area contributed by atoms with Crippen LogP contribution in [0.15, 0.2) is 12.1 Å². The summed E-state index contributed by atoms with van der Waals surface area (Å²) in [7, 11) is 0. The molecule has 15 heavy (non-hydrogen) atoms. The maximum absolute atomic E-state index is 10.7. The molecule has 0 saturated heterocycles. The number of carboxylic acids is 1. The van der Waals surface area contributed by atoms with Gasteiger partial charge in [-0.15, -0.1) is 0 Å². The Kier molecular flexibility index (Phi) is 2.68. The molecule has 0 saturated carbocycles. The summed E-state index contributed by atoms with van der Waals surface area (Å²) in [4.78, 5) is 10.7. The minimum Gasteiger partial charge on any atom is -0.545 e. The third kappa shape index (κ3) is 1.99. The fraction of sp³-hybridized carbons (Fsp3) is 0.300. The lowest BCUT2D eigenvalue weighted by Gasteiger charge is -2.11. The molecule has 1 aromatic carbocycles. The molecule has 0 bridgehead atoms. The average Bonchev–Trinajstić information content (AvgIpc) is 2.42. The Morgan fingerprint density at radius 2 is 2.07 bits per heavy atom. The number of aromatic carboxylic acids is 1. The molecule has 0 fully saturated rings. The highest BCUT2D eigenvalue weighted by atomic mass is 35.5. The monoisotopic (exact) mass is 227 g/mol. The Balaban J connectivity index is 2.48. The first-order chi connectivity index (χ1) is 7.18. The number of halogens is 1. The van der Waals surface area contributed by atoms with E-state index in [4.69, 9.17) is 21.1 Å². The maximum Gasteiger partial charge on any atom is 0.179 e. The molecule has 0 radical (unpaired) electrons. The van der Waals surface area contributed by atoms with Crippen LogP contribution in [0.3, 0.4) is 0 Å². The molecule has 1 heterocycles. The molecule has 1 aromatic rings. The minimum atomic E-state index is -1.28. The van der Waals surface area contributed by atoms with Crippen LogP contribution in [0.4, 0.5) is 0 Å². The highest BCUT2D eigenvalue weighted by molar-refractivity contribution is 6.32. The summed E-state index contributed by atoms with van der Waals surface area (Å²) in [6.07, 6.45) is 0.742. The van der Waals surface area contributed by atoms with Gasteiger partial charge in [-0.1, -0.05) is 11.6 Å². The maximum atomic E-state index is 10.7. The van der Waals surface area contributed by atoms with Crippen LogP contribution in [0, 0.1) is 0 Å². The van der Waals surface area contributed by atoms with E-state index in [1.165, 1.54) is 12.1 Å². The number of rotatable bonds is 1. The van der Waals surface area contributed by atoms with Gasteiger partial charge in [-0.05, 0) is 12.1 Å². The fourth-order valence-corrected chi connectivity index (χ4v) is 1.61. The second-order valence-electron chi connectivity index (χ2n) is 3.12. The van der Waals surface area contributed by atoms with Crippen LogP contribution < -0.4 is 14.6 Å². The number of hydrogen-bond acceptors (Lipinski definition) is 4. The van der Waals surface area contributed by atoms with Crippen molar-refractivity contribution in [1.82, 2.24) is 0 Å². The normalized spacial score (nSPS) is 14.5. The zero-order chi connectivity index (χ0) is 10.8. The van der Waals surface area contributed by atoms with E-state index in [2.05, 4.69) is 0 Å². The molecule has 2 rings (SSSR count). The largest absolute Gasteiger partial charge is 0.545 e. The Labute approximate surface area is 91.4 Å². The molecule has 0 atom stereocenters. The van der Waals surface area contributed by atoms with Crippen molar-refractivity contribution in [3.05, 3.63) is 22.7 Å². The number of carboxylic acid groups (broad SMARTS) is 1. The number of fused-ring (bicyclic) bond motifs is 1. The second-order valence-corrected chi connectivity index (χ2v) is 3.53. The third-order valence-electron chi connectivity index (χ3n) is 2.04. The quantitative estimate of drug-likeness (QED) is 0.714.